The highest BCUT2D eigenvalue weighted by Gasteiger charge is 2.34. The first-order chi connectivity index (χ1) is 42.1. The number of hydrogen-bond acceptors (Lipinski definition) is 22. The highest BCUT2D eigenvalue weighted by atomic mass is 32.2. The van der Waals surface area contributed by atoms with Gasteiger partial charge in [0.2, 0.25) is 21.8 Å². The summed E-state index contributed by atoms with van der Waals surface area (Å²) in [5, 5.41) is 45.4. The van der Waals surface area contributed by atoms with Crippen LogP contribution in [0.2, 0.25) is 0 Å². The zero-order chi connectivity index (χ0) is 66.9. The zero-order valence-electron chi connectivity index (χ0n) is 49.7. The number of nitrogens with two attached hydrogens (primary N) is 1. The number of carbonyl (C=O) groups is 9. The molecule has 1 aromatic heterocycles. The Kier molecular flexibility index (Phi) is 29.7. The summed E-state index contributed by atoms with van der Waals surface area (Å²) in [4.78, 5) is 123. The lowest BCUT2D eigenvalue weighted by molar-refractivity contribution is -0.140. The Bertz CT molecular complexity index is 3320. The van der Waals surface area contributed by atoms with Crippen molar-refractivity contribution >= 4 is 89.2 Å². The number of nitrogens with zero attached hydrogens (tertiary/aromatic N) is 5. The van der Waals surface area contributed by atoms with Gasteiger partial charge in [-0.05, 0) is 92.6 Å². The molecule has 3 aromatic rings. The molecule has 4 rings (SSSR count). The molecule has 0 bridgehead atoms. The molecule has 1 fully saturated rings. The highest BCUT2D eigenvalue weighted by molar-refractivity contribution is 7.89. The van der Waals surface area contributed by atoms with Crippen molar-refractivity contribution in [2.75, 3.05) is 115 Å². The van der Waals surface area contributed by atoms with Crippen LogP contribution in [0.15, 0.2) is 59.5 Å². The maximum absolute atomic E-state index is 13.6. The molecule has 1 aliphatic heterocycles. The molecule has 35 heteroatoms. The monoisotopic (exact) mass is 1330 g/mol. The van der Waals surface area contributed by atoms with Gasteiger partial charge in [0, 0.05) is 96.0 Å². The molecule has 0 spiro atoms. The molecule has 3 amide bonds. The number of anilines is 1. The van der Waals surface area contributed by atoms with Crippen molar-refractivity contribution < 1.29 is 103 Å². The predicted octanol–water partition coefficient (Wildman–Crippen LogP) is -1.84. The molecular weight excluding hydrogens is 1250 g/mol. The number of amides is 3. The summed E-state index contributed by atoms with van der Waals surface area (Å²) in [6.07, 6.45) is -0.326. The highest BCUT2D eigenvalue weighted by Crippen LogP contribution is 2.26. The number of aliphatic carboxylic acids is 4. The quantitative estimate of drug-likeness (QED) is 0.0225. The Morgan fingerprint density at radius 1 is 0.644 bits per heavy atom. The summed E-state index contributed by atoms with van der Waals surface area (Å²) >= 11 is 0. The molecule has 0 radical (unpaired) electrons. The number of hydrogen-bond donors (Lipinski definition) is 11. The molecule has 32 nitrogen and oxygen atoms in total. The van der Waals surface area contributed by atoms with Gasteiger partial charge < -0.3 is 46.8 Å². The van der Waals surface area contributed by atoms with Gasteiger partial charge in [-0.25, -0.2) is 13.4 Å². The van der Waals surface area contributed by atoms with E-state index in [0.717, 1.165) is 11.3 Å². The second-order valence-corrected chi connectivity index (χ2v) is 26.2. The maximum atomic E-state index is 13.6. The van der Waals surface area contributed by atoms with Crippen LogP contribution >= 0.6 is 0 Å². The van der Waals surface area contributed by atoms with Crippen molar-refractivity contribution in [3.8, 4) is 5.75 Å². The molecule has 12 N–H and O–H groups in total. The summed E-state index contributed by atoms with van der Waals surface area (Å²) in [5.41, 5.74) is 8.03. The Morgan fingerprint density at radius 2 is 1.17 bits per heavy atom. The van der Waals surface area contributed by atoms with Crippen LogP contribution in [0.4, 0.5) is 5.82 Å². The SMILES string of the molecule is Cc1cc(OCCCC(=O)NCCCC(=O)[C@H](CS(=O)(=O)O)NC(=O)[C@@H](CC(=O)CN2CCN(CC(=O)O)CCN(CC(=O)O)CCN(CC(=O)O)CC2)CS(=O)(=O)O)cc(C)c1S(=O)(=O)NC(CNC(=O)c1ccc(CCc2cccc(N)n2)cc1)C(=O)O. The van der Waals surface area contributed by atoms with E-state index >= 15 is 0 Å². The number of Topliss-reactive ketones (excluding diaryl/α,β-unsaturated/α-hetero) is 2. The van der Waals surface area contributed by atoms with Crippen molar-refractivity contribution in [3.63, 3.8) is 0 Å². The summed E-state index contributed by atoms with van der Waals surface area (Å²) in [6.45, 7) is 0.488. The lowest BCUT2D eigenvalue weighted by Crippen LogP contribution is -2.50. The van der Waals surface area contributed by atoms with Gasteiger partial charge in [-0.3, -0.25) is 71.9 Å². The third-order valence-electron chi connectivity index (χ3n) is 14.0. The van der Waals surface area contributed by atoms with Gasteiger partial charge in [0.05, 0.1) is 49.4 Å². The standard InChI is InChI=1S/C55H78N10O22S3/c1-36-26-43(27-37(2)52(36)90(85,86)61-44(55(77)78)29-58-53(75)39-13-10-38(11-14-39)12-15-41-6-3-8-47(56)59-41)87-25-5-9-48(68)57-16-4-7-46(67)45(35-89(82,83)84)60-54(76)40(34-88(79,80)81)28-42(66)30-62-17-19-63(31-49(69)70)21-23-65(33-51(73)74)24-22-64(20-18-62)32-50(71)72/h3,6,8,10-11,13-14,26-27,40,44-45,61H,4-5,7,9,12,15-25,28-35H2,1-2H3,(H2,56,59)(H,57,68)(H,58,75)(H,60,76)(H,69,70)(H,71,72)(H,73,74)(H,77,78)(H,79,80,81)(H,82,83,84)/t40-,44?,45-/m0/s1. The van der Waals surface area contributed by atoms with Gasteiger partial charge in [0.25, 0.3) is 26.1 Å². The van der Waals surface area contributed by atoms with Crippen molar-refractivity contribution in [1.82, 2.24) is 45.3 Å². The molecule has 1 saturated heterocycles. The first-order valence-corrected chi connectivity index (χ1v) is 33.0. The lowest BCUT2D eigenvalue weighted by Gasteiger charge is -2.33. The number of carboxylic acids is 4. The van der Waals surface area contributed by atoms with Crippen molar-refractivity contribution in [2.24, 2.45) is 5.92 Å². The Hall–Kier alpha value is -7.61. The topological polar surface area (TPSA) is 487 Å². The first-order valence-electron chi connectivity index (χ1n) is 28.3. The molecule has 1 unspecified atom stereocenters. The fourth-order valence-electron chi connectivity index (χ4n) is 9.62. The number of aromatic nitrogens is 1. The van der Waals surface area contributed by atoms with Crippen LogP contribution in [0.3, 0.4) is 0 Å². The van der Waals surface area contributed by atoms with Gasteiger partial charge in [-0.2, -0.15) is 21.6 Å². The number of nitrogens with one attached hydrogen (secondary N) is 4. The van der Waals surface area contributed by atoms with Gasteiger partial charge in [0.15, 0.2) is 5.78 Å². The minimum Gasteiger partial charge on any atom is -0.494 e. The smallest absolute Gasteiger partial charge is 0.323 e. The van der Waals surface area contributed by atoms with Crippen LogP contribution in [0, 0.1) is 19.8 Å². The molecular formula is C55H78N10O22S3. The van der Waals surface area contributed by atoms with E-state index in [4.69, 9.17) is 10.5 Å². The second-order valence-electron chi connectivity index (χ2n) is 21.5. The molecule has 0 aliphatic carbocycles. The minimum absolute atomic E-state index is 0.00111. The van der Waals surface area contributed by atoms with Gasteiger partial charge >= 0.3 is 23.9 Å². The van der Waals surface area contributed by atoms with E-state index in [1.54, 1.807) is 36.4 Å². The van der Waals surface area contributed by atoms with Crippen molar-refractivity contribution in [1.29, 1.82) is 0 Å². The van der Waals surface area contributed by atoms with Crippen LogP contribution in [-0.2, 0) is 81.5 Å². The van der Waals surface area contributed by atoms with E-state index < -0.39 is 158 Å². The number of aryl methyl sites for hydroxylation is 4. The lowest BCUT2D eigenvalue weighted by atomic mass is 10.0. The van der Waals surface area contributed by atoms with Crippen LogP contribution < -0.4 is 31.1 Å². The van der Waals surface area contributed by atoms with Gasteiger partial charge in [-0.1, -0.05) is 18.2 Å². The number of ketones is 2. The summed E-state index contributed by atoms with van der Waals surface area (Å²) in [6, 6.07) is 10.9. The summed E-state index contributed by atoms with van der Waals surface area (Å²) in [5.74, 6) is -13.5. The van der Waals surface area contributed by atoms with E-state index in [-0.39, 0.29) is 112 Å². The third-order valence-corrected chi connectivity index (χ3v) is 17.3. The van der Waals surface area contributed by atoms with E-state index in [9.17, 15) is 97.9 Å². The van der Waals surface area contributed by atoms with Crippen molar-refractivity contribution in [3.05, 3.63) is 82.5 Å². The third kappa shape index (κ3) is 28.5. The average molecular weight is 1330 g/mol. The first kappa shape index (κ1) is 74.9. The molecule has 2 heterocycles. The Morgan fingerprint density at radius 3 is 1.66 bits per heavy atom. The van der Waals surface area contributed by atoms with Crippen LogP contribution in [0.1, 0.15) is 64.8 Å². The van der Waals surface area contributed by atoms with Crippen LogP contribution in [0.25, 0.3) is 0 Å². The number of carboxylic acid groups (broad SMARTS) is 4. The van der Waals surface area contributed by atoms with Crippen LogP contribution in [-0.4, -0.2) is 254 Å². The average Bonchev–Trinajstić information content (AvgIpc) is 0.945. The van der Waals surface area contributed by atoms with Gasteiger partial charge in [-0.15, -0.1) is 0 Å². The Labute approximate surface area is 520 Å². The molecule has 498 valence electrons. The number of carbonyl (C=O) groups excluding carboxylic acids is 5. The number of sulfonamides is 1. The van der Waals surface area contributed by atoms with Crippen molar-refractivity contribution in [2.45, 2.75) is 75.8 Å². The number of rotatable bonds is 36. The van der Waals surface area contributed by atoms with E-state index in [1.165, 1.54) is 45.6 Å². The fourth-order valence-corrected chi connectivity index (χ4v) is 12.7. The number of nitrogen functional groups attached to an aromatic ring is 1. The number of pyridine rings is 1. The minimum atomic E-state index is -5.04. The zero-order valence-corrected chi connectivity index (χ0v) is 52.1. The number of benzene rings is 2. The summed E-state index contributed by atoms with van der Waals surface area (Å²) < 4.78 is 103. The molecule has 0 saturated carbocycles. The normalized spacial score (nSPS) is 15.4. The Balaban J connectivity index is 1.27. The van der Waals surface area contributed by atoms with Crippen LogP contribution in [0.5, 0.6) is 5.75 Å². The van der Waals surface area contributed by atoms with E-state index in [2.05, 4.69) is 25.7 Å². The summed E-state index contributed by atoms with van der Waals surface area (Å²) in [7, 11) is -14.5. The van der Waals surface area contributed by atoms with E-state index in [0.29, 0.717) is 18.7 Å². The van der Waals surface area contributed by atoms with E-state index in [1.807, 2.05) is 6.07 Å². The maximum Gasteiger partial charge on any atom is 0.323 e. The predicted molar refractivity (Wildman–Crippen MR) is 321 cm³/mol. The fraction of sp³-hybridized carbons (Fsp3) is 0.527. The van der Waals surface area contributed by atoms with Gasteiger partial charge in [0.1, 0.15) is 35.2 Å². The molecule has 90 heavy (non-hydrogen) atoms. The second kappa shape index (κ2) is 35.7. The number of ether oxygens (including phenoxy) is 1. The largest absolute Gasteiger partial charge is 0.494 e. The molecule has 1 aliphatic rings. The molecule has 3 atom stereocenters. The molecule has 2 aromatic carbocycles.